The van der Waals surface area contributed by atoms with Crippen LogP contribution in [0.2, 0.25) is 0 Å². The van der Waals surface area contributed by atoms with Crippen molar-refractivity contribution in [3.8, 4) is 17.0 Å². The fourth-order valence-corrected chi connectivity index (χ4v) is 5.13. The average Bonchev–Trinajstić information content (AvgIpc) is 3.45. The van der Waals surface area contributed by atoms with Crippen LogP contribution in [0.25, 0.3) is 11.3 Å². The molecule has 0 atom stereocenters. The quantitative estimate of drug-likeness (QED) is 0.521. The third-order valence-electron chi connectivity index (χ3n) is 6.33. The van der Waals surface area contributed by atoms with Crippen molar-refractivity contribution in [2.75, 3.05) is 38.3 Å². The number of amides is 1. The number of nitrogens with one attached hydrogen (secondary N) is 1. The van der Waals surface area contributed by atoms with E-state index in [9.17, 15) is 13.2 Å². The third-order valence-corrected chi connectivity index (χ3v) is 7.46. The number of aromatic nitrogens is 1. The molecule has 1 saturated heterocycles. The molecule has 3 aromatic rings. The van der Waals surface area contributed by atoms with Crippen molar-refractivity contribution >= 4 is 21.4 Å². The van der Waals surface area contributed by atoms with Crippen LogP contribution < -0.4 is 10.1 Å². The normalized spacial score (nSPS) is 14.3. The summed E-state index contributed by atoms with van der Waals surface area (Å²) in [6.45, 7) is 5.87. The largest absolute Gasteiger partial charge is 0.496 e. The number of hydrogen-bond acceptors (Lipinski definition) is 5. The number of rotatable bonds is 8. The maximum atomic E-state index is 13.2. The van der Waals surface area contributed by atoms with Crippen LogP contribution in [-0.2, 0) is 16.4 Å². The number of anilines is 1. The number of carbonyl (C=O) groups excluding carboxylic acids is 1. The van der Waals surface area contributed by atoms with Crippen LogP contribution >= 0.6 is 0 Å². The monoisotopic (exact) mass is 481 g/mol. The second-order valence-corrected chi connectivity index (χ2v) is 10.7. The van der Waals surface area contributed by atoms with Gasteiger partial charge in [-0.05, 0) is 74.8 Å². The van der Waals surface area contributed by atoms with Gasteiger partial charge in [-0.1, -0.05) is 12.1 Å². The van der Waals surface area contributed by atoms with Gasteiger partial charge in [-0.3, -0.25) is 4.79 Å². The van der Waals surface area contributed by atoms with Crippen LogP contribution in [0.5, 0.6) is 5.75 Å². The first-order valence-corrected chi connectivity index (χ1v) is 13.3. The number of para-hydroxylation sites is 1. The highest BCUT2D eigenvalue weighted by atomic mass is 32.2. The van der Waals surface area contributed by atoms with Gasteiger partial charge < -0.3 is 19.5 Å². The zero-order chi connectivity index (χ0) is 24.3. The third kappa shape index (κ3) is 5.18. The van der Waals surface area contributed by atoms with Gasteiger partial charge in [0.15, 0.2) is 9.84 Å². The van der Waals surface area contributed by atoms with E-state index in [1.54, 1.807) is 19.2 Å². The number of carbonyl (C=O) groups is 1. The zero-order valence-electron chi connectivity index (χ0n) is 19.9. The first-order chi connectivity index (χ1) is 16.3. The van der Waals surface area contributed by atoms with Gasteiger partial charge in [-0.25, -0.2) is 8.42 Å². The summed E-state index contributed by atoms with van der Waals surface area (Å²) in [7, 11) is -1.64. The first-order valence-electron chi connectivity index (χ1n) is 11.4. The van der Waals surface area contributed by atoms with Crippen LogP contribution in [-0.4, -0.2) is 56.8 Å². The number of benzene rings is 2. The molecule has 0 saturated carbocycles. The molecule has 1 amide bonds. The molecule has 1 fully saturated rings. The fraction of sp³-hybridized carbons (Fsp3) is 0.346. The highest BCUT2D eigenvalue weighted by molar-refractivity contribution is 7.90. The van der Waals surface area contributed by atoms with Crippen molar-refractivity contribution in [3.63, 3.8) is 0 Å². The first kappa shape index (κ1) is 24.0. The maximum Gasteiger partial charge on any atom is 0.257 e. The Bertz CT molecular complexity index is 1270. The molecule has 34 heavy (non-hydrogen) atoms. The van der Waals surface area contributed by atoms with Gasteiger partial charge >= 0.3 is 0 Å². The molecule has 1 aliphatic heterocycles. The van der Waals surface area contributed by atoms with E-state index in [2.05, 4.69) is 14.8 Å². The van der Waals surface area contributed by atoms with Crippen molar-refractivity contribution in [2.24, 2.45) is 0 Å². The van der Waals surface area contributed by atoms with Crippen molar-refractivity contribution in [1.29, 1.82) is 0 Å². The lowest BCUT2D eigenvalue weighted by atomic mass is 10.0. The van der Waals surface area contributed by atoms with E-state index in [-0.39, 0.29) is 10.8 Å². The lowest BCUT2D eigenvalue weighted by Gasteiger charge is -2.18. The Morgan fingerprint density at radius 2 is 1.71 bits per heavy atom. The molecule has 1 aliphatic rings. The Hall–Kier alpha value is -3.10. The Balaban J connectivity index is 1.66. The van der Waals surface area contributed by atoms with Crippen LogP contribution in [0.3, 0.4) is 0 Å². The van der Waals surface area contributed by atoms with Gasteiger partial charge in [0.1, 0.15) is 5.75 Å². The van der Waals surface area contributed by atoms with E-state index >= 15 is 0 Å². The number of hydrogen-bond donors (Lipinski definition) is 1. The van der Waals surface area contributed by atoms with E-state index < -0.39 is 9.84 Å². The molecule has 1 aromatic heterocycles. The number of nitrogens with zero attached hydrogens (tertiary/aromatic N) is 2. The molecule has 2 aromatic carbocycles. The van der Waals surface area contributed by atoms with Crippen molar-refractivity contribution in [3.05, 3.63) is 65.9 Å². The lowest BCUT2D eigenvalue weighted by Crippen LogP contribution is -2.24. The zero-order valence-corrected chi connectivity index (χ0v) is 20.7. The summed E-state index contributed by atoms with van der Waals surface area (Å²) in [5, 5.41) is 2.91. The minimum absolute atomic E-state index is 0.216. The van der Waals surface area contributed by atoms with Gasteiger partial charge in [0.25, 0.3) is 5.91 Å². The van der Waals surface area contributed by atoms with E-state index in [4.69, 9.17) is 4.74 Å². The van der Waals surface area contributed by atoms with Gasteiger partial charge in [0.2, 0.25) is 0 Å². The fourth-order valence-electron chi connectivity index (χ4n) is 4.50. The summed E-state index contributed by atoms with van der Waals surface area (Å²) < 4.78 is 31.2. The second kappa shape index (κ2) is 10.0. The predicted octanol–water partition coefficient (Wildman–Crippen LogP) is 4.22. The highest BCUT2D eigenvalue weighted by Gasteiger charge is 2.22. The molecule has 1 N–H and O–H groups in total. The molecular weight excluding hydrogens is 450 g/mol. The van der Waals surface area contributed by atoms with Crippen molar-refractivity contribution in [1.82, 2.24) is 9.47 Å². The highest BCUT2D eigenvalue weighted by Crippen LogP contribution is 2.35. The minimum Gasteiger partial charge on any atom is -0.496 e. The molecule has 0 radical (unpaired) electrons. The Morgan fingerprint density at radius 3 is 2.35 bits per heavy atom. The standard InChI is InChI=1S/C26H31N3O4S/c1-19-23(26(30)27-20-10-12-21(13-11-20)34(3,31)32)18-29(17-16-28-14-6-7-15-28)25(19)22-8-4-5-9-24(22)33-2/h4-5,8-13,18H,6-7,14-17H2,1-3H3,(H,27,30). The van der Waals surface area contributed by atoms with E-state index in [0.717, 1.165) is 55.0 Å². The predicted molar refractivity (Wildman–Crippen MR) is 134 cm³/mol. The Labute approximate surface area is 201 Å². The summed E-state index contributed by atoms with van der Waals surface area (Å²) in [4.78, 5) is 15.9. The summed E-state index contributed by atoms with van der Waals surface area (Å²) in [5.41, 5.74) is 3.90. The van der Waals surface area contributed by atoms with Crippen LogP contribution in [0.1, 0.15) is 28.8 Å². The number of ether oxygens (including phenoxy) is 1. The minimum atomic E-state index is -3.29. The Morgan fingerprint density at radius 1 is 1.03 bits per heavy atom. The molecule has 0 aliphatic carbocycles. The lowest BCUT2D eigenvalue weighted by molar-refractivity contribution is 0.102. The molecule has 0 bridgehead atoms. The molecule has 2 heterocycles. The SMILES string of the molecule is COc1ccccc1-c1c(C)c(C(=O)Nc2ccc(S(C)(=O)=O)cc2)cn1CCN1CCCC1. The van der Waals surface area contributed by atoms with Crippen molar-refractivity contribution in [2.45, 2.75) is 31.2 Å². The molecule has 0 spiro atoms. The molecule has 8 heteroatoms. The number of methoxy groups -OCH3 is 1. The number of likely N-dealkylation sites (tertiary alicyclic amines) is 1. The molecule has 180 valence electrons. The van der Waals surface area contributed by atoms with Gasteiger partial charge in [-0.2, -0.15) is 0 Å². The molecule has 7 nitrogen and oxygen atoms in total. The smallest absolute Gasteiger partial charge is 0.257 e. The van der Waals surface area contributed by atoms with Crippen LogP contribution in [0.15, 0.2) is 59.6 Å². The second-order valence-electron chi connectivity index (χ2n) is 8.71. The van der Waals surface area contributed by atoms with Gasteiger partial charge in [0, 0.05) is 36.8 Å². The maximum absolute atomic E-state index is 13.2. The van der Waals surface area contributed by atoms with Crippen LogP contribution in [0, 0.1) is 6.92 Å². The van der Waals surface area contributed by atoms with Gasteiger partial charge in [-0.15, -0.1) is 0 Å². The summed E-state index contributed by atoms with van der Waals surface area (Å²) >= 11 is 0. The van der Waals surface area contributed by atoms with Crippen LogP contribution in [0.4, 0.5) is 5.69 Å². The molecule has 4 rings (SSSR count). The van der Waals surface area contributed by atoms with Crippen molar-refractivity contribution < 1.29 is 17.9 Å². The number of sulfone groups is 1. The topological polar surface area (TPSA) is 80.6 Å². The van der Waals surface area contributed by atoms with Gasteiger partial charge in [0.05, 0.1) is 23.3 Å². The molecular formula is C26H31N3O4S. The summed E-state index contributed by atoms with van der Waals surface area (Å²) in [6.07, 6.45) is 5.54. The average molecular weight is 482 g/mol. The summed E-state index contributed by atoms with van der Waals surface area (Å²) in [6, 6.07) is 14.1. The summed E-state index contributed by atoms with van der Waals surface area (Å²) in [5.74, 6) is 0.523. The van der Waals surface area contributed by atoms with E-state index in [1.807, 2.05) is 37.4 Å². The van der Waals surface area contributed by atoms with E-state index in [0.29, 0.717) is 11.3 Å². The Kier molecular flexibility index (Phi) is 7.09. The molecule has 0 unspecified atom stereocenters. The van der Waals surface area contributed by atoms with E-state index in [1.165, 1.54) is 25.0 Å².